The highest BCUT2D eigenvalue weighted by molar-refractivity contribution is 6.80. The average molecular weight is 308 g/mol. The molecule has 0 aliphatic rings. The van der Waals surface area contributed by atoms with E-state index in [-0.39, 0.29) is 0 Å². The van der Waals surface area contributed by atoms with E-state index in [1.54, 1.807) is 0 Å². The van der Waals surface area contributed by atoms with Gasteiger partial charge in [0.25, 0.3) is 0 Å². The lowest BCUT2D eigenvalue weighted by molar-refractivity contribution is -0.196. The SMILES string of the molecule is C=C[Si](C)(C)C.O=C(CF)C(F)(F)C(=O)C(F)(F)F. The van der Waals surface area contributed by atoms with Crippen LogP contribution in [0.1, 0.15) is 0 Å². The van der Waals surface area contributed by atoms with Crippen molar-refractivity contribution >= 4 is 19.6 Å². The van der Waals surface area contributed by atoms with Gasteiger partial charge in [0.1, 0.15) is 0 Å². The lowest BCUT2D eigenvalue weighted by Crippen LogP contribution is -2.46. The van der Waals surface area contributed by atoms with Crippen LogP contribution in [0.15, 0.2) is 12.3 Å². The minimum Gasteiger partial charge on any atom is -0.289 e. The van der Waals surface area contributed by atoms with Gasteiger partial charge in [-0.3, -0.25) is 9.59 Å². The fourth-order valence-electron chi connectivity index (χ4n) is 0.389. The first kappa shape index (κ1) is 20.2. The summed E-state index contributed by atoms with van der Waals surface area (Å²) in [4.78, 5) is 19.7. The second kappa shape index (κ2) is 6.87. The molecule has 0 fully saturated rings. The van der Waals surface area contributed by atoms with Gasteiger partial charge in [0.2, 0.25) is 5.78 Å². The number of hydrogen-bond acceptors (Lipinski definition) is 2. The molecule has 0 aliphatic heterocycles. The third-order valence-electron chi connectivity index (χ3n) is 1.63. The third kappa shape index (κ3) is 7.80. The Morgan fingerprint density at radius 1 is 1.11 bits per heavy atom. The Bertz CT molecular complexity index is 343. The van der Waals surface area contributed by atoms with Crippen molar-refractivity contribution in [1.29, 1.82) is 0 Å². The highest BCUT2D eigenvalue weighted by Crippen LogP contribution is 2.28. The highest BCUT2D eigenvalue weighted by Gasteiger charge is 2.59. The van der Waals surface area contributed by atoms with Gasteiger partial charge in [-0.15, -0.1) is 12.3 Å². The Balaban J connectivity index is 0. The van der Waals surface area contributed by atoms with E-state index in [9.17, 15) is 35.9 Å². The average Bonchev–Trinajstić information content (AvgIpc) is 2.25. The molecule has 0 aromatic rings. The summed E-state index contributed by atoms with van der Waals surface area (Å²) in [6.45, 7) is 8.16. The van der Waals surface area contributed by atoms with Crippen molar-refractivity contribution in [3.63, 3.8) is 0 Å². The van der Waals surface area contributed by atoms with Crippen molar-refractivity contribution in [3.8, 4) is 0 Å². The van der Waals surface area contributed by atoms with Crippen LogP contribution in [0.25, 0.3) is 0 Å². The van der Waals surface area contributed by atoms with Gasteiger partial charge in [0.15, 0.2) is 6.67 Å². The molecule has 0 aromatic carbocycles. The van der Waals surface area contributed by atoms with Gasteiger partial charge in [-0.1, -0.05) is 19.6 Å². The number of alkyl halides is 6. The molecule has 0 aromatic heterocycles. The van der Waals surface area contributed by atoms with Gasteiger partial charge in [0, 0.05) is 0 Å². The number of ketones is 2. The van der Waals surface area contributed by atoms with Crippen molar-refractivity contribution in [1.82, 2.24) is 0 Å². The van der Waals surface area contributed by atoms with Crippen LogP contribution in [0.5, 0.6) is 0 Å². The number of rotatable bonds is 4. The summed E-state index contributed by atoms with van der Waals surface area (Å²) in [5.74, 6) is -11.6. The molecule has 0 aliphatic carbocycles. The van der Waals surface area contributed by atoms with Crippen LogP contribution >= 0.6 is 0 Å². The summed E-state index contributed by atoms with van der Waals surface area (Å²) in [6, 6.07) is 0. The maximum Gasteiger partial charge on any atom is 0.456 e. The van der Waals surface area contributed by atoms with E-state index in [0.29, 0.717) is 0 Å². The Labute approximate surface area is 107 Å². The first-order chi connectivity index (χ1) is 8.20. The van der Waals surface area contributed by atoms with Gasteiger partial charge in [-0.05, 0) is 0 Å². The van der Waals surface area contributed by atoms with Crippen molar-refractivity contribution in [2.45, 2.75) is 31.7 Å². The maximum atomic E-state index is 12.0. The van der Waals surface area contributed by atoms with Crippen molar-refractivity contribution in [2.75, 3.05) is 6.67 Å². The van der Waals surface area contributed by atoms with E-state index in [1.807, 2.05) is 0 Å². The lowest BCUT2D eigenvalue weighted by Gasteiger charge is -2.13. The first-order valence-corrected chi connectivity index (χ1v) is 8.50. The molecule has 0 atom stereocenters. The van der Waals surface area contributed by atoms with E-state index in [4.69, 9.17) is 0 Å². The fourth-order valence-corrected chi connectivity index (χ4v) is 0.389. The van der Waals surface area contributed by atoms with Gasteiger partial charge >= 0.3 is 17.9 Å². The lowest BCUT2D eigenvalue weighted by atomic mass is 10.1. The maximum absolute atomic E-state index is 12.0. The molecule has 112 valence electrons. The zero-order valence-electron chi connectivity index (χ0n) is 10.6. The number of carbonyl (C=O) groups excluding carboxylic acids is 2. The van der Waals surface area contributed by atoms with E-state index in [2.05, 4.69) is 31.9 Å². The molecule has 0 bridgehead atoms. The molecule has 0 N–H and O–H groups in total. The van der Waals surface area contributed by atoms with Gasteiger partial charge < -0.3 is 0 Å². The number of halogens is 6. The number of hydrogen-bond donors (Lipinski definition) is 0. The molecule has 0 radical (unpaired) electrons. The van der Waals surface area contributed by atoms with Crippen LogP contribution < -0.4 is 0 Å². The molecule has 2 nitrogen and oxygen atoms in total. The first-order valence-electron chi connectivity index (χ1n) is 4.92. The van der Waals surface area contributed by atoms with Crippen molar-refractivity contribution in [3.05, 3.63) is 12.3 Å². The summed E-state index contributed by atoms with van der Waals surface area (Å²) in [5, 5.41) is 0. The van der Waals surface area contributed by atoms with E-state index >= 15 is 0 Å². The molecule has 0 heterocycles. The predicted octanol–water partition coefficient (Wildman–Crippen LogP) is 3.34. The Morgan fingerprint density at radius 3 is 1.58 bits per heavy atom. The molecule has 0 spiro atoms. The van der Waals surface area contributed by atoms with Crippen LogP contribution in [0.4, 0.5) is 26.3 Å². The zero-order chi connectivity index (χ0) is 16.1. The smallest absolute Gasteiger partial charge is 0.289 e. The predicted molar refractivity (Wildman–Crippen MR) is 60.5 cm³/mol. The molecule has 9 heteroatoms. The van der Waals surface area contributed by atoms with Crippen LogP contribution in [0.3, 0.4) is 0 Å². The minimum absolute atomic E-state index is 0.867. The van der Waals surface area contributed by atoms with E-state index in [0.717, 1.165) is 0 Å². The zero-order valence-corrected chi connectivity index (χ0v) is 11.6. The molecule has 0 saturated carbocycles. The summed E-state index contributed by atoms with van der Waals surface area (Å²) in [6.07, 6.45) is -5.85. The van der Waals surface area contributed by atoms with E-state index in [1.165, 1.54) is 0 Å². The third-order valence-corrected chi connectivity index (χ3v) is 2.85. The molecule has 19 heavy (non-hydrogen) atoms. The van der Waals surface area contributed by atoms with E-state index < -0.39 is 38.4 Å². The Morgan fingerprint density at radius 2 is 1.42 bits per heavy atom. The van der Waals surface area contributed by atoms with Crippen molar-refractivity contribution < 1.29 is 35.9 Å². The summed E-state index contributed by atoms with van der Waals surface area (Å²) in [7, 11) is -0.867. The molecule has 0 unspecified atom stereocenters. The molecular formula is C10H14F6O2Si. The summed E-state index contributed by atoms with van der Waals surface area (Å²) < 4.78 is 69.4. The largest absolute Gasteiger partial charge is 0.456 e. The van der Waals surface area contributed by atoms with Crippen LogP contribution in [-0.2, 0) is 9.59 Å². The van der Waals surface area contributed by atoms with Crippen LogP contribution in [0, 0.1) is 0 Å². The quantitative estimate of drug-likeness (QED) is 0.453. The molecule has 0 rings (SSSR count). The summed E-state index contributed by atoms with van der Waals surface area (Å²) >= 11 is 0. The minimum atomic E-state index is -5.85. The standard InChI is InChI=1S/C5H2F6O2.C5H12Si/c6-1-2(12)4(7,8)3(13)5(9,10)11;1-5-6(2,3)4/h1H2;5H,1H2,2-4H3. The monoisotopic (exact) mass is 308 g/mol. The normalized spacial score (nSPS) is 12.3. The topological polar surface area (TPSA) is 34.1 Å². The molecular weight excluding hydrogens is 294 g/mol. The second-order valence-corrected chi connectivity index (χ2v) is 9.67. The highest BCUT2D eigenvalue weighted by atomic mass is 28.3. The molecule has 0 saturated heterocycles. The van der Waals surface area contributed by atoms with Crippen LogP contribution in [0.2, 0.25) is 19.6 Å². The second-order valence-electron chi connectivity index (χ2n) is 4.53. The number of carbonyl (C=O) groups is 2. The molecule has 0 amide bonds. The number of Topliss-reactive ketones (excluding diaryl/α,β-unsaturated/α-hetero) is 2. The van der Waals surface area contributed by atoms with Crippen LogP contribution in [-0.4, -0.2) is 38.4 Å². The Hall–Kier alpha value is -1.12. The summed E-state index contributed by atoms with van der Waals surface area (Å²) in [5.41, 5.74) is 2.08. The fraction of sp³-hybridized carbons (Fsp3) is 0.600. The van der Waals surface area contributed by atoms with Crippen molar-refractivity contribution in [2.24, 2.45) is 0 Å². The Kier molecular flexibility index (Phi) is 7.31. The van der Waals surface area contributed by atoms with Gasteiger partial charge in [-0.2, -0.15) is 22.0 Å². The van der Waals surface area contributed by atoms with Gasteiger partial charge in [-0.25, -0.2) is 4.39 Å². The van der Waals surface area contributed by atoms with Gasteiger partial charge in [0.05, 0.1) is 8.07 Å².